The van der Waals surface area contributed by atoms with Gasteiger partial charge in [0.05, 0.1) is 24.7 Å². The number of hydrogen-bond donors (Lipinski definition) is 1. The van der Waals surface area contributed by atoms with Crippen molar-refractivity contribution in [2.45, 2.75) is 13.8 Å². The Morgan fingerprint density at radius 3 is 2.40 bits per heavy atom. The number of rotatable bonds is 5. The van der Waals surface area contributed by atoms with E-state index in [1.807, 2.05) is 19.1 Å². The Hall–Kier alpha value is -2.54. The summed E-state index contributed by atoms with van der Waals surface area (Å²) < 4.78 is 30.0. The fourth-order valence-corrected chi connectivity index (χ4v) is 2.94. The number of hydrogen-bond acceptors (Lipinski definition) is 4. The summed E-state index contributed by atoms with van der Waals surface area (Å²) in [5.74, 6) is 0.214. The first kappa shape index (κ1) is 18.8. The van der Waals surface area contributed by atoms with Crippen LogP contribution in [-0.2, 0) is 10.0 Å². The van der Waals surface area contributed by atoms with Gasteiger partial charge in [-0.2, -0.15) is 0 Å². The number of methoxy groups -OCH3 is 1. The van der Waals surface area contributed by atoms with Gasteiger partial charge in [0.2, 0.25) is 10.0 Å². The van der Waals surface area contributed by atoms with Crippen molar-refractivity contribution in [2.24, 2.45) is 0 Å². The number of carbonyl (C=O) groups excluding carboxylic acids is 1. The second-order valence-electron chi connectivity index (χ2n) is 5.89. The highest BCUT2D eigenvalue weighted by molar-refractivity contribution is 7.92. The summed E-state index contributed by atoms with van der Waals surface area (Å²) in [7, 11) is -0.420. The third-order valence-corrected chi connectivity index (χ3v) is 5.10. The average Bonchev–Trinajstić information content (AvgIpc) is 2.54. The van der Waals surface area contributed by atoms with E-state index in [-0.39, 0.29) is 5.91 Å². The number of nitrogens with one attached hydrogen (secondary N) is 1. The normalized spacial score (nSPS) is 11.1. The molecule has 0 aliphatic rings. The van der Waals surface area contributed by atoms with Crippen molar-refractivity contribution in [1.82, 2.24) is 0 Å². The molecule has 0 aliphatic carbocycles. The Bertz CT molecular complexity index is 907. The highest BCUT2D eigenvalue weighted by atomic mass is 32.2. The van der Waals surface area contributed by atoms with Gasteiger partial charge < -0.3 is 10.1 Å². The molecule has 0 spiro atoms. The largest absolute Gasteiger partial charge is 0.495 e. The van der Waals surface area contributed by atoms with Gasteiger partial charge in [-0.15, -0.1) is 0 Å². The molecule has 7 heteroatoms. The molecule has 25 heavy (non-hydrogen) atoms. The number of anilines is 2. The molecule has 0 fully saturated rings. The molecule has 0 saturated heterocycles. The maximum absolute atomic E-state index is 12.6. The van der Waals surface area contributed by atoms with E-state index in [0.29, 0.717) is 22.7 Å². The minimum atomic E-state index is -3.41. The summed E-state index contributed by atoms with van der Waals surface area (Å²) in [5, 5.41) is 2.81. The molecule has 134 valence electrons. The zero-order valence-corrected chi connectivity index (χ0v) is 15.8. The molecule has 1 N–H and O–H groups in total. The van der Waals surface area contributed by atoms with Crippen LogP contribution in [0.5, 0.6) is 5.75 Å². The minimum absolute atomic E-state index is 0.341. The van der Waals surface area contributed by atoms with Crippen molar-refractivity contribution in [3.8, 4) is 5.75 Å². The van der Waals surface area contributed by atoms with Gasteiger partial charge in [-0.1, -0.05) is 12.1 Å². The van der Waals surface area contributed by atoms with Gasteiger partial charge in [0.15, 0.2) is 0 Å². The lowest BCUT2D eigenvalue weighted by molar-refractivity contribution is 0.102. The fourth-order valence-electron chi connectivity index (χ4n) is 2.38. The van der Waals surface area contributed by atoms with E-state index < -0.39 is 10.0 Å². The first-order chi connectivity index (χ1) is 11.6. The molecule has 0 heterocycles. The highest BCUT2D eigenvalue weighted by Crippen LogP contribution is 2.27. The van der Waals surface area contributed by atoms with Gasteiger partial charge >= 0.3 is 0 Å². The zero-order valence-electron chi connectivity index (χ0n) is 15.0. The van der Waals surface area contributed by atoms with Crippen molar-refractivity contribution in [3.05, 3.63) is 53.1 Å². The molecule has 0 bridgehead atoms. The van der Waals surface area contributed by atoms with Gasteiger partial charge in [0, 0.05) is 12.6 Å². The van der Waals surface area contributed by atoms with Crippen LogP contribution in [0.1, 0.15) is 21.5 Å². The molecule has 1 amide bonds. The average molecular weight is 362 g/mol. The first-order valence-electron chi connectivity index (χ1n) is 7.64. The molecule has 2 aromatic carbocycles. The van der Waals surface area contributed by atoms with Crippen LogP contribution in [0.2, 0.25) is 0 Å². The smallest absolute Gasteiger partial charge is 0.255 e. The molecule has 0 unspecified atom stereocenters. The van der Waals surface area contributed by atoms with E-state index in [1.54, 1.807) is 31.2 Å². The standard InChI is InChI=1S/C18H22N2O4S/c1-12-6-9-17(24-4)15(10-12)19-18(21)14-8-7-13(2)16(11-14)20(3)25(5,22)23/h6-11H,1-5H3,(H,19,21). The third-order valence-electron chi connectivity index (χ3n) is 3.91. The Morgan fingerprint density at radius 2 is 1.80 bits per heavy atom. The Morgan fingerprint density at radius 1 is 1.12 bits per heavy atom. The lowest BCUT2D eigenvalue weighted by Gasteiger charge is -2.20. The van der Waals surface area contributed by atoms with E-state index in [9.17, 15) is 13.2 Å². The van der Waals surface area contributed by atoms with E-state index in [0.717, 1.165) is 21.7 Å². The van der Waals surface area contributed by atoms with Crippen LogP contribution in [0, 0.1) is 13.8 Å². The number of amides is 1. The Labute approximate surface area is 148 Å². The molecule has 0 radical (unpaired) electrons. The molecule has 0 aromatic heterocycles. The van der Waals surface area contributed by atoms with Crippen LogP contribution in [0.15, 0.2) is 36.4 Å². The Kier molecular flexibility index (Phi) is 5.37. The molecule has 6 nitrogen and oxygen atoms in total. The van der Waals surface area contributed by atoms with E-state index in [4.69, 9.17) is 4.74 Å². The maximum Gasteiger partial charge on any atom is 0.255 e. The van der Waals surface area contributed by atoms with Crippen LogP contribution in [0.25, 0.3) is 0 Å². The highest BCUT2D eigenvalue weighted by Gasteiger charge is 2.17. The van der Waals surface area contributed by atoms with Gasteiger partial charge in [0.25, 0.3) is 5.91 Å². The SMILES string of the molecule is COc1ccc(C)cc1NC(=O)c1ccc(C)c(N(C)S(C)(=O)=O)c1. The summed E-state index contributed by atoms with van der Waals surface area (Å²) in [6.07, 6.45) is 1.12. The van der Waals surface area contributed by atoms with Gasteiger partial charge in [-0.3, -0.25) is 9.10 Å². The number of aryl methyl sites for hydroxylation is 2. The molecule has 2 rings (SSSR count). The summed E-state index contributed by atoms with van der Waals surface area (Å²) in [6, 6.07) is 10.4. The predicted molar refractivity (Wildman–Crippen MR) is 100 cm³/mol. The molecule has 2 aromatic rings. The number of benzene rings is 2. The van der Waals surface area contributed by atoms with Crippen molar-refractivity contribution in [2.75, 3.05) is 30.0 Å². The first-order valence-corrected chi connectivity index (χ1v) is 9.49. The lowest BCUT2D eigenvalue weighted by atomic mass is 10.1. The van der Waals surface area contributed by atoms with E-state index in [1.165, 1.54) is 14.2 Å². The van der Waals surface area contributed by atoms with Crippen molar-refractivity contribution in [1.29, 1.82) is 0 Å². The van der Waals surface area contributed by atoms with Crippen LogP contribution >= 0.6 is 0 Å². The molecular formula is C18H22N2O4S. The second kappa shape index (κ2) is 7.14. The van der Waals surface area contributed by atoms with Crippen LogP contribution in [-0.4, -0.2) is 34.7 Å². The van der Waals surface area contributed by atoms with E-state index >= 15 is 0 Å². The number of carbonyl (C=O) groups is 1. The predicted octanol–water partition coefficient (Wildman–Crippen LogP) is 2.96. The zero-order chi connectivity index (χ0) is 18.8. The summed E-state index contributed by atoms with van der Waals surface area (Å²) in [4.78, 5) is 12.6. The number of sulfonamides is 1. The summed E-state index contributed by atoms with van der Waals surface area (Å²) in [6.45, 7) is 3.71. The van der Waals surface area contributed by atoms with Gasteiger partial charge in [-0.25, -0.2) is 8.42 Å². The molecule has 0 saturated carbocycles. The quantitative estimate of drug-likeness (QED) is 0.887. The molecular weight excluding hydrogens is 340 g/mol. The van der Waals surface area contributed by atoms with Crippen molar-refractivity contribution < 1.29 is 17.9 Å². The fraction of sp³-hybridized carbons (Fsp3) is 0.278. The van der Waals surface area contributed by atoms with E-state index in [2.05, 4.69) is 5.32 Å². The number of nitrogens with zero attached hydrogens (tertiary/aromatic N) is 1. The lowest BCUT2D eigenvalue weighted by Crippen LogP contribution is -2.26. The minimum Gasteiger partial charge on any atom is -0.495 e. The number of ether oxygens (including phenoxy) is 1. The second-order valence-corrected chi connectivity index (χ2v) is 7.90. The molecule has 0 aliphatic heterocycles. The van der Waals surface area contributed by atoms with Gasteiger partial charge in [-0.05, 0) is 49.2 Å². The summed E-state index contributed by atoms with van der Waals surface area (Å²) >= 11 is 0. The Balaban J connectivity index is 2.37. The van der Waals surface area contributed by atoms with Crippen LogP contribution in [0.3, 0.4) is 0 Å². The van der Waals surface area contributed by atoms with Gasteiger partial charge in [0.1, 0.15) is 5.75 Å². The molecule has 0 atom stereocenters. The monoisotopic (exact) mass is 362 g/mol. The topological polar surface area (TPSA) is 75.7 Å². The van der Waals surface area contributed by atoms with Crippen LogP contribution in [0.4, 0.5) is 11.4 Å². The summed E-state index contributed by atoms with van der Waals surface area (Å²) in [5.41, 5.74) is 3.13. The maximum atomic E-state index is 12.6. The third kappa shape index (κ3) is 4.30. The van der Waals surface area contributed by atoms with Crippen molar-refractivity contribution in [3.63, 3.8) is 0 Å². The van der Waals surface area contributed by atoms with Crippen LogP contribution < -0.4 is 14.4 Å². The van der Waals surface area contributed by atoms with Crippen molar-refractivity contribution >= 4 is 27.3 Å².